The minimum atomic E-state index is -0.809. The topological polar surface area (TPSA) is 100 Å². The predicted octanol–water partition coefficient (Wildman–Crippen LogP) is 4.74. The van der Waals surface area contributed by atoms with Crippen LogP contribution in [-0.4, -0.2) is 51.3 Å². The summed E-state index contributed by atoms with van der Waals surface area (Å²) in [4.78, 5) is 29.1. The van der Waals surface area contributed by atoms with E-state index in [0.717, 1.165) is 35.7 Å². The zero-order valence-electron chi connectivity index (χ0n) is 22.5. The molecule has 1 aliphatic heterocycles. The van der Waals surface area contributed by atoms with E-state index in [1.54, 1.807) is 26.1 Å². The number of carbonyl (C=O) groups is 1. The van der Waals surface area contributed by atoms with Gasteiger partial charge in [-0.2, -0.15) is 0 Å². The molecule has 0 saturated carbocycles. The normalized spacial score (nSPS) is 18.3. The zero-order chi connectivity index (χ0) is 27.7. The van der Waals surface area contributed by atoms with E-state index in [1.807, 2.05) is 30.3 Å². The largest absolute Gasteiger partial charge is 0.389 e. The quantitative estimate of drug-likeness (QED) is 0.372. The van der Waals surface area contributed by atoms with Gasteiger partial charge >= 0.3 is 0 Å². The molecule has 0 unspecified atom stereocenters. The number of halogens is 1. The van der Waals surface area contributed by atoms with Crippen LogP contribution in [0, 0.1) is 12.7 Å². The summed E-state index contributed by atoms with van der Waals surface area (Å²) in [5, 5.41) is 13.5. The molecule has 2 N–H and O–H groups in total. The minimum absolute atomic E-state index is 0.0964. The lowest BCUT2D eigenvalue weighted by Gasteiger charge is -2.36. The maximum atomic E-state index is 14.5. The van der Waals surface area contributed by atoms with Gasteiger partial charge in [-0.15, -0.1) is 0 Å². The number of hydrogen-bond acceptors (Lipinski definition) is 7. The van der Waals surface area contributed by atoms with Crippen molar-refractivity contribution in [3.8, 4) is 11.4 Å². The third kappa shape index (κ3) is 5.89. The van der Waals surface area contributed by atoms with Crippen LogP contribution < -0.4 is 10.2 Å². The molecule has 9 heteroatoms. The van der Waals surface area contributed by atoms with Crippen molar-refractivity contribution in [2.24, 2.45) is 0 Å². The highest BCUT2D eigenvalue weighted by atomic mass is 19.1. The lowest BCUT2D eigenvalue weighted by molar-refractivity contribution is -0.00545. The number of morpholine rings is 1. The minimum Gasteiger partial charge on any atom is -0.389 e. The Morgan fingerprint density at radius 3 is 2.62 bits per heavy atom. The maximum absolute atomic E-state index is 14.5. The van der Waals surface area contributed by atoms with E-state index in [1.165, 1.54) is 12.1 Å². The van der Waals surface area contributed by atoms with Gasteiger partial charge in [0.1, 0.15) is 11.6 Å². The van der Waals surface area contributed by atoms with E-state index >= 15 is 0 Å². The van der Waals surface area contributed by atoms with Crippen LogP contribution in [0.2, 0.25) is 0 Å². The Hall–Kier alpha value is -3.95. The second kappa shape index (κ2) is 11.0. The second-order valence-corrected chi connectivity index (χ2v) is 10.2. The molecule has 1 saturated heterocycles. The molecule has 1 amide bonds. The van der Waals surface area contributed by atoms with Crippen LogP contribution in [0.15, 0.2) is 54.7 Å². The number of hydrogen-bond donors (Lipinski definition) is 2. The second-order valence-electron chi connectivity index (χ2n) is 10.2. The number of aromatic nitrogens is 3. The highest BCUT2D eigenvalue weighted by molar-refractivity contribution is 5.94. The number of aryl methyl sites for hydroxylation is 1. The van der Waals surface area contributed by atoms with Gasteiger partial charge in [-0.1, -0.05) is 6.07 Å². The molecule has 0 spiro atoms. The Labute approximate surface area is 226 Å². The number of nitrogens with one attached hydrogen (secondary N) is 1. The number of aliphatic hydroxyl groups excluding tert-OH is 1. The van der Waals surface area contributed by atoms with Gasteiger partial charge in [0.25, 0.3) is 5.91 Å². The molecular formula is C30H32FN5O3. The van der Waals surface area contributed by atoms with Crippen LogP contribution in [0.4, 0.5) is 10.2 Å². The lowest BCUT2D eigenvalue weighted by Crippen LogP contribution is -2.45. The number of aliphatic hydroxyl groups is 1. The first kappa shape index (κ1) is 26.6. The molecule has 39 heavy (non-hydrogen) atoms. The summed E-state index contributed by atoms with van der Waals surface area (Å²) in [7, 11) is 0. The molecule has 4 aromatic rings. The van der Waals surface area contributed by atoms with Crippen molar-refractivity contribution < 1.29 is 19.0 Å². The number of amides is 1. The molecule has 1 fully saturated rings. The molecule has 3 aromatic heterocycles. The van der Waals surface area contributed by atoms with Crippen molar-refractivity contribution in [3.05, 3.63) is 82.9 Å². The van der Waals surface area contributed by atoms with Crippen LogP contribution >= 0.6 is 0 Å². The summed E-state index contributed by atoms with van der Waals surface area (Å²) >= 11 is 0. The molecule has 4 heterocycles. The first-order valence-electron chi connectivity index (χ1n) is 13.1. The average molecular weight is 530 g/mol. The number of carbonyl (C=O) groups excluding carboxylic acids is 1. The SMILES string of the molecule is Cc1cc(F)c(C(=O)NCc2cc3nc(-c4cccc(N5C[C@@H](C)O[C@@H](C)C5)n4)ccc3cn2)cc1[C@@H](C)O. The molecule has 8 nitrogen and oxygen atoms in total. The van der Waals surface area contributed by atoms with Gasteiger partial charge < -0.3 is 20.1 Å². The third-order valence-electron chi connectivity index (χ3n) is 6.85. The number of pyridine rings is 3. The molecular weight excluding hydrogens is 497 g/mol. The van der Waals surface area contributed by atoms with Crippen molar-refractivity contribution in [2.75, 3.05) is 18.0 Å². The molecule has 0 aliphatic carbocycles. The van der Waals surface area contributed by atoms with Gasteiger partial charge in [0.2, 0.25) is 0 Å². The Morgan fingerprint density at radius 2 is 1.87 bits per heavy atom. The van der Waals surface area contributed by atoms with Gasteiger partial charge in [-0.3, -0.25) is 9.78 Å². The number of nitrogens with zero attached hydrogens (tertiary/aromatic N) is 4. The van der Waals surface area contributed by atoms with Crippen molar-refractivity contribution in [1.82, 2.24) is 20.3 Å². The van der Waals surface area contributed by atoms with Crippen molar-refractivity contribution in [3.63, 3.8) is 0 Å². The Kier molecular flexibility index (Phi) is 7.54. The standard InChI is InChI=1S/C30H32FN5O3/c1-17-10-25(31)24(12-23(17)20(4)37)30(38)33-14-22-11-28-21(13-32-22)8-9-27(34-28)26-6-5-7-29(35-26)36-15-18(2)39-19(3)16-36/h5-13,18-20,37H,14-16H2,1-4H3,(H,33,38)/t18-,19+,20-/m1/s1. The summed E-state index contributed by atoms with van der Waals surface area (Å²) in [6.07, 6.45) is 1.15. The first-order valence-corrected chi connectivity index (χ1v) is 13.1. The van der Waals surface area contributed by atoms with Crippen LogP contribution in [-0.2, 0) is 11.3 Å². The molecule has 1 aliphatic rings. The van der Waals surface area contributed by atoms with E-state index in [0.29, 0.717) is 22.3 Å². The Balaban J connectivity index is 1.35. The molecule has 202 valence electrons. The van der Waals surface area contributed by atoms with Crippen molar-refractivity contribution in [1.29, 1.82) is 0 Å². The summed E-state index contributed by atoms with van der Waals surface area (Å²) < 4.78 is 20.3. The first-order chi connectivity index (χ1) is 18.7. The zero-order valence-corrected chi connectivity index (χ0v) is 22.5. The summed E-state index contributed by atoms with van der Waals surface area (Å²) in [6.45, 7) is 9.06. The predicted molar refractivity (Wildman–Crippen MR) is 148 cm³/mol. The van der Waals surface area contributed by atoms with E-state index in [9.17, 15) is 14.3 Å². The fraction of sp³-hybridized carbons (Fsp3) is 0.333. The highest BCUT2D eigenvalue weighted by Crippen LogP contribution is 2.25. The van der Waals surface area contributed by atoms with Crippen LogP contribution in [0.1, 0.15) is 54.1 Å². The lowest BCUT2D eigenvalue weighted by atomic mass is 10.00. The van der Waals surface area contributed by atoms with Gasteiger partial charge in [0, 0.05) is 24.7 Å². The van der Waals surface area contributed by atoms with E-state index in [2.05, 4.69) is 29.0 Å². The number of benzene rings is 1. The van der Waals surface area contributed by atoms with E-state index in [-0.39, 0.29) is 24.3 Å². The average Bonchev–Trinajstić information content (AvgIpc) is 2.90. The Bertz CT molecular complexity index is 1520. The van der Waals surface area contributed by atoms with E-state index in [4.69, 9.17) is 14.7 Å². The molecule has 5 rings (SSSR count). The smallest absolute Gasteiger partial charge is 0.254 e. The number of rotatable bonds is 6. The molecule has 0 radical (unpaired) electrons. The number of anilines is 1. The van der Waals surface area contributed by atoms with Crippen molar-refractivity contribution >= 4 is 22.6 Å². The maximum Gasteiger partial charge on any atom is 0.254 e. The van der Waals surface area contributed by atoms with Crippen molar-refractivity contribution in [2.45, 2.75) is 52.6 Å². The van der Waals surface area contributed by atoms with Crippen LogP contribution in [0.3, 0.4) is 0 Å². The van der Waals surface area contributed by atoms with Crippen LogP contribution in [0.25, 0.3) is 22.3 Å². The fourth-order valence-corrected chi connectivity index (χ4v) is 4.98. The Morgan fingerprint density at radius 1 is 1.13 bits per heavy atom. The van der Waals surface area contributed by atoms with Gasteiger partial charge in [0.05, 0.1) is 53.0 Å². The molecule has 3 atom stereocenters. The molecule has 1 aromatic carbocycles. The van der Waals surface area contributed by atoms with Gasteiger partial charge in [-0.05, 0) is 81.3 Å². The summed E-state index contributed by atoms with van der Waals surface area (Å²) in [5.41, 5.74) is 3.77. The third-order valence-corrected chi connectivity index (χ3v) is 6.85. The molecule has 0 bridgehead atoms. The monoisotopic (exact) mass is 529 g/mol. The number of fused-ring (bicyclic) bond motifs is 1. The highest BCUT2D eigenvalue weighted by Gasteiger charge is 2.23. The van der Waals surface area contributed by atoms with Gasteiger partial charge in [-0.25, -0.2) is 14.4 Å². The summed E-state index contributed by atoms with van der Waals surface area (Å²) in [6, 6.07) is 14.2. The fourth-order valence-electron chi connectivity index (χ4n) is 4.98. The number of ether oxygens (including phenoxy) is 1. The van der Waals surface area contributed by atoms with E-state index < -0.39 is 17.8 Å². The summed E-state index contributed by atoms with van der Waals surface area (Å²) in [5.74, 6) is -0.328. The van der Waals surface area contributed by atoms with Gasteiger partial charge in [0.15, 0.2) is 0 Å². The van der Waals surface area contributed by atoms with Crippen LogP contribution in [0.5, 0.6) is 0 Å².